The first-order valence-electron chi connectivity index (χ1n) is 15.5. The van der Waals surface area contributed by atoms with Crippen LogP contribution < -0.4 is 17.1 Å². The topological polar surface area (TPSA) is 193 Å². The van der Waals surface area contributed by atoms with Gasteiger partial charge in [0.1, 0.15) is 13.2 Å². The Hall–Kier alpha value is -6.05. The smallest absolute Gasteiger partial charge is 0.352 e. The molecule has 0 unspecified atom stereocenters. The fraction of sp³-hybridized carbons (Fsp3) is 0.286. The molecule has 2 N–H and O–H groups in total. The van der Waals surface area contributed by atoms with Gasteiger partial charge in [-0.05, 0) is 36.1 Å². The fourth-order valence-corrected chi connectivity index (χ4v) is 4.60. The Labute approximate surface area is 279 Å². The summed E-state index contributed by atoms with van der Waals surface area (Å²) in [5.74, 6) is -4.09. The molecule has 0 fully saturated rings. The van der Waals surface area contributed by atoms with Crippen molar-refractivity contribution >= 4 is 23.9 Å². The average Bonchev–Trinajstić information content (AvgIpc) is 3.11. The molecule has 1 heterocycles. The molecule has 0 saturated carbocycles. The number of benzene rings is 3. The van der Waals surface area contributed by atoms with E-state index in [0.29, 0.717) is 30.4 Å². The van der Waals surface area contributed by atoms with E-state index in [1.807, 2.05) is 9.97 Å². The Morgan fingerprint density at radius 3 is 1.59 bits per heavy atom. The van der Waals surface area contributed by atoms with E-state index in [9.17, 15) is 33.6 Å². The predicted molar refractivity (Wildman–Crippen MR) is 173 cm³/mol. The molecule has 256 valence electrons. The minimum absolute atomic E-state index is 0.0459. The van der Waals surface area contributed by atoms with Crippen molar-refractivity contribution in [3.8, 4) is 0 Å². The van der Waals surface area contributed by atoms with E-state index >= 15 is 0 Å². The lowest BCUT2D eigenvalue weighted by Crippen LogP contribution is -2.47. The summed E-state index contributed by atoms with van der Waals surface area (Å²) in [5, 5.41) is 0. The molecular formula is C35H35N3O11. The van der Waals surface area contributed by atoms with Gasteiger partial charge in [0, 0.05) is 13.0 Å². The number of hydrogen-bond donors (Lipinski definition) is 2. The lowest BCUT2D eigenvalue weighted by Gasteiger charge is -2.24. The molecule has 0 amide bonds. The van der Waals surface area contributed by atoms with E-state index in [0.717, 1.165) is 4.57 Å². The van der Waals surface area contributed by atoms with E-state index < -0.39 is 53.2 Å². The van der Waals surface area contributed by atoms with Crippen molar-refractivity contribution in [3.05, 3.63) is 139 Å². The Balaban J connectivity index is 1.45. The van der Waals surface area contributed by atoms with Crippen molar-refractivity contribution in [3.63, 3.8) is 0 Å². The normalized spacial score (nSPS) is 11.9. The number of unbranched alkanes of at least 4 members (excludes halogenated alkanes) is 3. The second-order valence-electron chi connectivity index (χ2n) is 10.8. The van der Waals surface area contributed by atoms with Gasteiger partial charge in [-0.2, -0.15) is 0 Å². The van der Waals surface area contributed by atoms with Gasteiger partial charge in [-0.15, -0.1) is 0 Å². The summed E-state index contributed by atoms with van der Waals surface area (Å²) in [4.78, 5) is 91.8. The highest BCUT2D eigenvalue weighted by Crippen LogP contribution is 2.17. The minimum atomic E-state index is -2.00. The lowest BCUT2D eigenvalue weighted by atomic mass is 10.1. The number of aromatic amines is 2. The summed E-state index contributed by atoms with van der Waals surface area (Å²) in [5.41, 5.74) is -1.22. The van der Waals surface area contributed by atoms with Crippen LogP contribution in [-0.2, 0) is 53.1 Å². The highest BCUT2D eigenvalue weighted by atomic mass is 16.6. The monoisotopic (exact) mass is 673 g/mol. The molecular weight excluding hydrogens is 638 g/mol. The molecule has 14 heteroatoms. The Morgan fingerprint density at radius 2 is 1.06 bits per heavy atom. The Kier molecular flexibility index (Phi) is 13.4. The SMILES string of the molecule is O=C(CCCCCCn1c(=O)[nH]c(=O)[nH]c1=O)O[C@H](C(=O)OCc1ccccc1)[C@H](OC(=O)c1ccccc1)C(=O)OCc1ccccc1. The third kappa shape index (κ3) is 11.3. The van der Waals surface area contributed by atoms with Gasteiger partial charge in [-0.25, -0.2) is 33.3 Å². The molecule has 3 aromatic carbocycles. The van der Waals surface area contributed by atoms with Crippen LogP contribution in [0.1, 0.15) is 53.6 Å². The van der Waals surface area contributed by atoms with Crippen LogP contribution in [0, 0.1) is 0 Å². The van der Waals surface area contributed by atoms with Crippen molar-refractivity contribution in [2.75, 3.05) is 0 Å². The van der Waals surface area contributed by atoms with Crippen LogP contribution >= 0.6 is 0 Å². The zero-order valence-electron chi connectivity index (χ0n) is 26.4. The number of ether oxygens (including phenoxy) is 4. The zero-order valence-corrected chi connectivity index (χ0v) is 26.4. The molecule has 49 heavy (non-hydrogen) atoms. The Bertz CT molecular complexity index is 1840. The fourth-order valence-electron chi connectivity index (χ4n) is 4.60. The summed E-state index contributed by atoms with van der Waals surface area (Å²) in [6.07, 6.45) is -2.52. The first-order chi connectivity index (χ1) is 23.7. The quantitative estimate of drug-likeness (QED) is 0.0951. The van der Waals surface area contributed by atoms with E-state index in [-0.39, 0.29) is 38.2 Å². The maximum absolute atomic E-state index is 13.4. The second kappa shape index (κ2) is 18.3. The van der Waals surface area contributed by atoms with E-state index in [1.165, 1.54) is 12.1 Å². The summed E-state index contributed by atoms with van der Waals surface area (Å²) < 4.78 is 22.6. The summed E-state index contributed by atoms with van der Waals surface area (Å²) >= 11 is 0. The van der Waals surface area contributed by atoms with Crippen molar-refractivity contribution < 1.29 is 38.1 Å². The van der Waals surface area contributed by atoms with Gasteiger partial charge in [0.05, 0.1) is 5.56 Å². The van der Waals surface area contributed by atoms with Crippen molar-refractivity contribution in [2.24, 2.45) is 0 Å². The van der Waals surface area contributed by atoms with Crippen LogP contribution in [0.4, 0.5) is 0 Å². The molecule has 0 bridgehead atoms. The number of nitrogens with zero attached hydrogens (tertiary/aromatic N) is 1. The second-order valence-corrected chi connectivity index (χ2v) is 10.8. The first-order valence-corrected chi connectivity index (χ1v) is 15.5. The maximum Gasteiger partial charge on any atom is 0.352 e. The highest BCUT2D eigenvalue weighted by molar-refractivity contribution is 5.94. The minimum Gasteiger partial charge on any atom is -0.458 e. The first kappa shape index (κ1) is 35.8. The van der Waals surface area contributed by atoms with Crippen LogP contribution in [0.3, 0.4) is 0 Å². The summed E-state index contributed by atoms with van der Waals surface area (Å²) in [6.45, 7) is -0.381. The summed E-state index contributed by atoms with van der Waals surface area (Å²) in [7, 11) is 0. The molecule has 2 atom stereocenters. The third-order valence-corrected chi connectivity index (χ3v) is 7.13. The number of hydrogen-bond acceptors (Lipinski definition) is 11. The standard InChI is InChI=1S/C35H35N3O11/c39-27(20-12-1-2-13-21-38-34(44)36-33(43)37-35(38)45)48-28(31(41)46-22-24-14-6-3-7-15-24)29(49-30(40)26-18-10-5-11-19-26)32(42)47-23-25-16-8-4-9-17-25/h3-11,14-19,28-29H,1-2,12-13,20-23H2,(H2,36,37,43,44,45)/t28-,29-/m0/s1. The van der Waals surface area contributed by atoms with Crippen LogP contribution in [0.5, 0.6) is 0 Å². The lowest BCUT2D eigenvalue weighted by molar-refractivity contribution is -0.185. The number of rotatable bonds is 17. The van der Waals surface area contributed by atoms with Gasteiger partial charge in [-0.1, -0.05) is 91.7 Å². The number of carbonyl (C=O) groups is 4. The van der Waals surface area contributed by atoms with Crippen LogP contribution in [-0.4, -0.2) is 50.6 Å². The van der Waals surface area contributed by atoms with Crippen LogP contribution in [0.25, 0.3) is 0 Å². The van der Waals surface area contributed by atoms with Gasteiger partial charge >= 0.3 is 40.9 Å². The van der Waals surface area contributed by atoms with Crippen molar-refractivity contribution in [2.45, 2.75) is 64.1 Å². The van der Waals surface area contributed by atoms with Gasteiger partial charge in [0.2, 0.25) is 12.2 Å². The molecule has 0 aliphatic rings. The predicted octanol–water partition coefficient (Wildman–Crippen LogP) is 2.80. The molecule has 0 spiro atoms. The highest BCUT2D eigenvalue weighted by Gasteiger charge is 2.43. The van der Waals surface area contributed by atoms with E-state index in [4.69, 9.17) is 18.9 Å². The van der Waals surface area contributed by atoms with Gasteiger partial charge in [0.25, 0.3) is 0 Å². The van der Waals surface area contributed by atoms with Crippen LogP contribution in [0.15, 0.2) is 105 Å². The largest absolute Gasteiger partial charge is 0.458 e. The van der Waals surface area contributed by atoms with E-state index in [1.54, 1.807) is 78.9 Å². The molecule has 4 aromatic rings. The number of nitrogens with one attached hydrogen (secondary N) is 2. The van der Waals surface area contributed by atoms with Gasteiger partial charge in [0.15, 0.2) is 0 Å². The number of aromatic nitrogens is 3. The van der Waals surface area contributed by atoms with Gasteiger partial charge < -0.3 is 18.9 Å². The molecule has 0 radical (unpaired) electrons. The molecule has 1 aromatic heterocycles. The van der Waals surface area contributed by atoms with Crippen molar-refractivity contribution in [1.82, 2.24) is 14.5 Å². The maximum atomic E-state index is 13.4. The molecule has 0 aliphatic heterocycles. The third-order valence-electron chi connectivity index (χ3n) is 7.13. The number of esters is 4. The number of H-pyrrole nitrogens is 2. The molecule has 0 aliphatic carbocycles. The van der Waals surface area contributed by atoms with Crippen LogP contribution in [0.2, 0.25) is 0 Å². The molecule has 14 nitrogen and oxygen atoms in total. The average molecular weight is 674 g/mol. The number of carbonyl (C=O) groups excluding carboxylic acids is 4. The molecule has 0 saturated heterocycles. The Morgan fingerprint density at radius 1 is 0.592 bits per heavy atom. The van der Waals surface area contributed by atoms with E-state index in [2.05, 4.69) is 0 Å². The summed E-state index contributed by atoms with van der Waals surface area (Å²) in [6, 6.07) is 25.1. The molecule has 4 rings (SSSR count). The van der Waals surface area contributed by atoms with Crippen molar-refractivity contribution in [1.29, 1.82) is 0 Å². The zero-order chi connectivity index (χ0) is 35.0. The van der Waals surface area contributed by atoms with Gasteiger partial charge in [-0.3, -0.25) is 14.8 Å².